The molecule has 2 rings (SSSR count). The molecule has 0 spiro atoms. The molecule has 0 radical (unpaired) electrons. The topological polar surface area (TPSA) is 108 Å². The summed E-state index contributed by atoms with van der Waals surface area (Å²) >= 11 is 0. The van der Waals surface area contributed by atoms with Crippen LogP contribution in [-0.2, 0) is 19.1 Å². The molecule has 9 heteroatoms. The molecule has 0 bridgehead atoms. The van der Waals surface area contributed by atoms with Gasteiger partial charge in [-0.1, -0.05) is 86.6 Å². The summed E-state index contributed by atoms with van der Waals surface area (Å²) in [6.07, 6.45) is 18.1. The lowest BCUT2D eigenvalue weighted by atomic mass is 9.72. The van der Waals surface area contributed by atoms with Crippen molar-refractivity contribution >= 4 is 23.4 Å². The van der Waals surface area contributed by atoms with Crippen LogP contribution in [0.1, 0.15) is 202 Å². The Morgan fingerprint density at radius 1 is 0.617 bits per heavy atom. The molecule has 0 saturated carbocycles. The van der Waals surface area contributed by atoms with Gasteiger partial charge in [0.25, 0.3) is 0 Å². The molecule has 346 valence electrons. The molecule has 2 aliphatic heterocycles. The second-order valence-corrected chi connectivity index (χ2v) is 24.5. The van der Waals surface area contributed by atoms with Crippen LogP contribution in [0.25, 0.3) is 0 Å². The second-order valence-electron chi connectivity index (χ2n) is 24.5. The van der Waals surface area contributed by atoms with Crippen molar-refractivity contribution in [2.75, 3.05) is 26.2 Å². The highest BCUT2D eigenvalue weighted by atomic mass is 16.6. The third kappa shape index (κ3) is 15.5. The maximum Gasteiger partial charge on any atom is 0.409 e. The number of nitrogens with one attached hydrogen (secondary N) is 2. The molecule has 60 heavy (non-hydrogen) atoms. The van der Waals surface area contributed by atoms with Gasteiger partial charge in [-0.3, -0.25) is 24.6 Å². The van der Waals surface area contributed by atoms with Crippen LogP contribution in [0.2, 0.25) is 0 Å². The molecule has 2 N–H and O–H groups in total. The van der Waals surface area contributed by atoms with E-state index in [-0.39, 0.29) is 34.3 Å². The van der Waals surface area contributed by atoms with Crippen molar-refractivity contribution in [1.29, 1.82) is 0 Å². The van der Waals surface area contributed by atoms with E-state index in [1.807, 2.05) is 62.3 Å². The van der Waals surface area contributed by atoms with Crippen molar-refractivity contribution in [1.82, 2.24) is 20.4 Å². The molecule has 0 aromatic carbocycles. The number of ether oxygens (including phenoxy) is 1. The Labute approximate surface area is 368 Å². The minimum atomic E-state index is -0.783. The summed E-state index contributed by atoms with van der Waals surface area (Å²) in [7, 11) is 0. The molecule has 0 aromatic rings. The molecule has 0 aromatic heterocycles. The van der Waals surface area contributed by atoms with Crippen LogP contribution < -0.4 is 10.6 Å². The zero-order valence-corrected chi connectivity index (χ0v) is 42.1. The quantitative estimate of drug-likeness (QED) is 0.0978. The van der Waals surface area contributed by atoms with Gasteiger partial charge in [0.2, 0.25) is 0 Å². The first-order chi connectivity index (χ1) is 27.1. The standard InChI is InChI=1S/C51H92N4O5/c1-43(2,3)39(56)49(52-46(10,11)12,31-26-22-23-27-32-51(41(58)45(7,8)9)33-29-35-55(51)48(16,17)18)30-25-21-19-20-24-28-37-60-42(59)54-36-34-50(38-54,53-47(13,14)15)40(57)44(4,5)6/h19-20,23,27,52-53H,21-22,24-26,28-38H2,1-18H3/b20-19+,27-23+/t49?,50-,51+/m1/s1. The van der Waals surface area contributed by atoms with Gasteiger partial charge >= 0.3 is 6.09 Å². The Bertz CT molecular complexity index is 1510. The maximum absolute atomic E-state index is 14.4. The molecule has 1 unspecified atom stereocenters. The molecule has 9 nitrogen and oxygen atoms in total. The van der Waals surface area contributed by atoms with Crippen LogP contribution in [-0.4, -0.2) is 92.7 Å². The SMILES string of the molecule is CC(C)(C)NC(CCC/C=C/CCCOC(=O)N1CC[C@](NC(C)(C)C)(C(=O)C(C)(C)C)C1)(CCC/C=C/C[C@@]1(C(=O)C(C)(C)C)CCCN1C(C)(C)C)C(=O)C(C)(C)C. The Balaban J connectivity index is 2.02. The number of likely N-dealkylation sites (tertiary alicyclic amines) is 2. The van der Waals surface area contributed by atoms with Crippen LogP contribution in [0.15, 0.2) is 24.3 Å². The van der Waals surface area contributed by atoms with Crippen molar-refractivity contribution < 1.29 is 23.9 Å². The predicted molar refractivity (Wildman–Crippen MR) is 250 cm³/mol. The van der Waals surface area contributed by atoms with Crippen LogP contribution in [0.4, 0.5) is 4.79 Å². The fourth-order valence-electron chi connectivity index (χ4n) is 9.94. The fourth-order valence-corrected chi connectivity index (χ4v) is 9.94. The van der Waals surface area contributed by atoms with Gasteiger partial charge in [0.15, 0.2) is 17.3 Å². The molecular formula is C51H92N4O5. The average molecular weight is 841 g/mol. The number of allylic oxidation sites excluding steroid dienone is 3. The van der Waals surface area contributed by atoms with Gasteiger partial charge in [-0.25, -0.2) is 4.79 Å². The number of hydrogen-bond donors (Lipinski definition) is 2. The molecule has 1 amide bonds. The summed E-state index contributed by atoms with van der Waals surface area (Å²) in [5, 5.41) is 7.38. The summed E-state index contributed by atoms with van der Waals surface area (Å²) in [4.78, 5) is 59.1. The third-order valence-corrected chi connectivity index (χ3v) is 11.9. The Hall–Kier alpha value is -2.36. The normalized spacial score (nSPS) is 22.5. The number of nitrogens with zero attached hydrogens (tertiary/aromatic N) is 2. The summed E-state index contributed by atoms with van der Waals surface area (Å²) in [5.41, 5.74) is -3.98. The van der Waals surface area contributed by atoms with E-state index in [2.05, 4.69) is 102 Å². The lowest BCUT2D eigenvalue weighted by Crippen LogP contribution is -2.63. The van der Waals surface area contributed by atoms with Gasteiger partial charge in [0.05, 0.1) is 23.2 Å². The number of carbonyl (C=O) groups excluding carboxylic acids is 4. The van der Waals surface area contributed by atoms with Crippen molar-refractivity contribution in [3.63, 3.8) is 0 Å². The largest absolute Gasteiger partial charge is 0.449 e. The lowest BCUT2D eigenvalue weighted by Gasteiger charge is -2.47. The van der Waals surface area contributed by atoms with E-state index < -0.39 is 32.9 Å². The number of hydrogen-bond acceptors (Lipinski definition) is 8. The van der Waals surface area contributed by atoms with Gasteiger partial charge < -0.3 is 15.0 Å². The Kier molecular flexibility index (Phi) is 18.3. The van der Waals surface area contributed by atoms with Gasteiger partial charge in [0.1, 0.15) is 0 Å². The molecule has 3 atom stereocenters. The Morgan fingerprint density at radius 3 is 1.60 bits per heavy atom. The smallest absolute Gasteiger partial charge is 0.409 e. The number of amides is 1. The van der Waals surface area contributed by atoms with Gasteiger partial charge in [-0.05, 0) is 146 Å². The zero-order chi connectivity index (χ0) is 46.2. The van der Waals surface area contributed by atoms with Gasteiger partial charge in [-0.15, -0.1) is 0 Å². The van der Waals surface area contributed by atoms with Crippen molar-refractivity contribution in [2.24, 2.45) is 16.2 Å². The molecule has 2 heterocycles. The minimum absolute atomic E-state index is 0.0938. The molecule has 0 aliphatic carbocycles. The van der Waals surface area contributed by atoms with Gasteiger partial charge in [0, 0.05) is 46.0 Å². The first kappa shape index (κ1) is 53.8. The average Bonchev–Trinajstić information content (AvgIpc) is 3.71. The third-order valence-electron chi connectivity index (χ3n) is 11.9. The number of rotatable bonds is 19. The number of unbranched alkanes of at least 4 members (excludes halogenated alkanes) is 3. The summed E-state index contributed by atoms with van der Waals surface area (Å²) in [5.74, 6) is 0.713. The Morgan fingerprint density at radius 2 is 1.13 bits per heavy atom. The first-order valence-corrected chi connectivity index (χ1v) is 23.3. The van der Waals surface area contributed by atoms with E-state index in [4.69, 9.17) is 4.74 Å². The summed E-state index contributed by atoms with van der Waals surface area (Å²) in [6.45, 7) is 39.4. The van der Waals surface area contributed by atoms with E-state index in [1.54, 1.807) is 4.90 Å². The van der Waals surface area contributed by atoms with Crippen molar-refractivity contribution in [3.8, 4) is 0 Å². The molecule has 2 aliphatic rings. The van der Waals surface area contributed by atoms with Crippen molar-refractivity contribution in [2.45, 2.75) is 235 Å². The highest BCUT2D eigenvalue weighted by molar-refractivity contribution is 5.95. The maximum atomic E-state index is 14.4. The number of Topliss-reactive ketones (excluding diaryl/α,β-unsaturated/α-hetero) is 3. The van der Waals surface area contributed by atoms with Crippen LogP contribution >= 0.6 is 0 Å². The lowest BCUT2D eigenvalue weighted by molar-refractivity contribution is -0.140. The van der Waals surface area contributed by atoms with E-state index in [9.17, 15) is 19.2 Å². The minimum Gasteiger partial charge on any atom is -0.449 e. The fraction of sp³-hybridized carbons (Fsp3) is 0.843. The van der Waals surface area contributed by atoms with E-state index >= 15 is 0 Å². The summed E-state index contributed by atoms with van der Waals surface area (Å²) < 4.78 is 5.67. The predicted octanol–water partition coefficient (Wildman–Crippen LogP) is 11.2. The van der Waals surface area contributed by atoms with Gasteiger partial charge in [-0.2, -0.15) is 0 Å². The van der Waals surface area contributed by atoms with Crippen LogP contribution in [0.5, 0.6) is 0 Å². The number of ketones is 3. The van der Waals surface area contributed by atoms with E-state index in [0.717, 1.165) is 70.8 Å². The highest BCUT2D eigenvalue weighted by Crippen LogP contribution is 2.43. The monoisotopic (exact) mass is 841 g/mol. The van der Waals surface area contributed by atoms with Crippen LogP contribution in [0, 0.1) is 16.2 Å². The highest BCUT2D eigenvalue weighted by Gasteiger charge is 2.53. The van der Waals surface area contributed by atoms with E-state index in [0.29, 0.717) is 38.3 Å². The van der Waals surface area contributed by atoms with Crippen LogP contribution in [0.3, 0.4) is 0 Å². The zero-order valence-electron chi connectivity index (χ0n) is 42.1. The molecular weight excluding hydrogens is 749 g/mol. The van der Waals surface area contributed by atoms with E-state index in [1.165, 1.54) is 0 Å². The summed E-state index contributed by atoms with van der Waals surface area (Å²) in [6, 6.07) is 0. The molecule has 2 saturated heterocycles. The molecule has 2 fully saturated rings. The number of carbonyl (C=O) groups is 4. The van der Waals surface area contributed by atoms with Crippen molar-refractivity contribution in [3.05, 3.63) is 24.3 Å². The first-order valence-electron chi connectivity index (χ1n) is 23.3. The second kappa shape index (κ2) is 20.4.